The lowest BCUT2D eigenvalue weighted by atomic mass is 9.97. The first-order valence-electron chi connectivity index (χ1n) is 5.11. The van der Waals surface area contributed by atoms with E-state index in [-0.39, 0.29) is 0 Å². The van der Waals surface area contributed by atoms with Crippen LogP contribution in [-0.2, 0) is 5.60 Å². The Kier molecular flexibility index (Phi) is 2.44. The standard InChI is InChI=1S/C12H15N3O/c1-12(2,16)9-5-3-8(4-6-9)10-7-11(13)15-14-10/h3-7,16H,1-2H3,(H3,13,14,15). The molecule has 0 aliphatic heterocycles. The number of hydrogen-bond donors (Lipinski definition) is 3. The Morgan fingerprint density at radius 3 is 2.31 bits per heavy atom. The number of rotatable bonds is 2. The number of nitrogens with two attached hydrogens (primary N) is 1. The minimum atomic E-state index is -0.814. The van der Waals surface area contributed by atoms with Gasteiger partial charge in [0.25, 0.3) is 0 Å². The number of aromatic amines is 1. The molecule has 0 atom stereocenters. The Morgan fingerprint density at radius 1 is 1.25 bits per heavy atom. The van der Waals surface area contributed by atoms with Crippen molar-refractivity contribution in [1.29, 1.82) is 0 Å². The highest BCUT2D eigenvalue weighted by atomic mass is 16.3. The van der Waals surface area contributed by atoms with Crippen LogP contribution in [0.1, 0.15) is 19.4 Å². The van der Waals surface area contributed by atoms with Gasteiger partial charge >= 0.3 is 0 Å². The summed E-state index contributed by atoms with van der Waals surface area (Å²) in [6.07, 6.45) is 0. The molecule has 4 nitrogen and oxygen atoms in total. The van der Waals surface area contributed by atoms with Crippen LogP contribution >= 0.6 is 0 Å². The van der Waals surface area contributed by atoms with E-state index in [0.717, 1.165) is 16.8 Å². The molecule has 1 heterocycles. The second kappa shape index (κ2) is 3.64. The summed E-state index contributed by atoms with van der Waals surface area (Å²) in [5.41, 5.74) is 7.47. The van der Waals surface area contributed by atoms with Gasteiger partial charge in [-0.3, -0.25) is 5.10 Å². The molecule has 0 aliphatic rings. The third kappa shape index (κ3) is 2.06. The van der Waals surface area contributed by atoms with Crippen molar-refractivity contribution in [1.82, 2.24) is 10.2 Å². The van der Waals surface area contributed by atoms with Crippen molar-refractivity contribution in [3.63, 3.8) is 0 Å². The maximum absolute atomic E-state index is 9.81. The summed E-state index contributed by atoms with van der Waals surface area (Å²) in [6.45, 7) is 3.52. The molecule has 0 unspecified atom stereocenters. The summed E-state index contributed by atoms with van der Waals surface area (Å²) < 4.78 is 0. The highest BCUT2D eigenvalue weighted by Gasteiger charge is 2.15. The summed E-state index contributed by atoms with van der Waals surface area (Å²) in [6, 6.07) is 9.43. The lowest BCUT2D eigenvalue weighted by Gasteiger charge is -2.17. The van der Waals surface area contributed by atoms with Gasteiger partial charge in [-0.25, -0.2) is 0 Å². The van der Waals surface area contributed by atoms with Gasteiger partial charge in [0.15, 0.2) is 0 Å². The van der Waals surface area contributed by atoms with Crippen molar-refractivity contribution in [2.24, 2.45) is 0 Å². The van der Waals surface area contributed by atoms with E-state index in [4.69, 9.17) is 5.73 Å². The van der Waals surface area contributed by atoms with Gasteiger partial charge in [-0.1, -0.05) is 24.3 Å². The second-order valence-electron chi connectivity index (χ2n) is 4.34. The normalized spacial score (nSPS) is 11.7. The van der Waals surface area contributed by atoms with Crippen molar-refractivity contribution >= 4 is 5.82 Å². The van der Waals surface area contributed by atoms with E-state index in [2.05, 4.69) is 10.2 Å². The Morgan fingerprint density at radius 2 is 1.88 bits per heavy atom. The summed E-state index contributed by atoms with van der Waals surface area (Å²) >= 11 is 0. The predicted octanol–water partition coefficient (Wildman–Crippen LogP) is 1.89. The number of aliphatic hydroxyl groups is 1. The van der Waals surface area contributed by atoms with Crippen molar-refractivity contribution < 1.29 is 5.11 Å². The third-order valence-electron chi connectivity index (χ3n) is 2.50. The van der Waals surface area contributed by atoms with E-state index in [1.165, 1.54) is 0 Å². The summed E-state index contributed by atoms with van der Waals surface area (Å²) in [4.78, 5) is 0. The predicted molar refractivity (Wildman–Crippen MR) is 63.7 cm³/mol. The average molecular weight is 217 g/mol. The van der Waals surface area contributed by atoms with Crippen molar-refractivity contribution in [2.45, 2.75) is 19.4 Å². The molecular formula is C12H15N3O. The van der Waals surface area contributed by atoms with Gasteiger partial charge in [0.1, 0.15) is 5.82 Å². The van der Waals surface area contributed by atoms with Gasteiger partial charge in [0.2, 0.25) is 0 Å². The van der Waals surface area contributed by atoms with E-state index in [0.29, 0.717) is 5.82 Å². The van der Waals surface area contributed by atoms with Crippen molar-refractivity contribution in [3.8, 4) is 11.3 Å². The first kappa shape index (κ1) is 10.7. The molecule has 0 bridgehead atoms. The smallest absolute Gasteiger partial charge is 0.145 e. The monoisotopic (exact) mass is 217 g/mol. The zero-order valence-electron chi connectivity index (χ0n) is 9.36. The lowest BCUT2D eigenvalue weighted by Crippen LogP contribution is -2.14. The van der Waals surface area contributed by atoms with Crippen LogP contribution in [0.25, 0.3) is 11.3 Å². The van der Waals surface area contributed by atoms with Crippen LogP contribution in [0.5, 0.6) is 0 Å². The minimum Gasteiger partial charge on any atom is -0.386 e. The topological polar surface area (TPSA) is 74.9 Å². The molecule has 0 amide bonds. The van der Waals surface area contributed by atoms with E-state index in [1.807, 2.05) is 24.3 Å². The van der Waals surface area contributed by atoms with Crippen LogP contribution in [0.2, 0.25) is 0 Å². The van der Waals surface area contributed by atoms with Crippen LogP contribution in [0.15, 0.2) is 30.3 Å². The zero-order chi connectivity index (χ0) is 11.8. The fourth-order valence-corrected chi connectivity index (χ4v) is 1.54. The number of H-pyrrole nitrogens is 1. The van der Waals surface area contributed by atoms with Gasteiger partial charge in [-0.15, -0.1) is 0 Å². The Hall–Kier alpha value is -1.81. The Balaban J connectivity index is 2.33. The van der Waals surface area contributed by atoms with Crippen LogP contribution in [0.4, 0.5) is 5.82 Å². The van der Waals surface area contributed by atoms with Gasteiger partial charge in [-0.05, 0) is 25.0 Å². The molecule has 0 saturated carbocycles. The number of hydrogen-bond acceptors (Lipinski definition) is 3. The first-order valence-corrected chi connectivity index (χ1v) is 5.11. The fraction of sp³-hybridized carbons (Fsp3) is 0.250. The molecule has 2 aromatic rings. The molecule has 0 fully saturated rings. The molecule has 0 radical (unpaired) electrons. The molecule has 0 spiro atoms. The van der Waals surface area contributed by atoms with Crippen LogP contribution in [0.3, 0.4) is 0 Å². The number of aromatic nitrogens is 2. The van der Waals surface area contributed by atoms with Crippen LogP contribution < -0.4 is 5.73 Å². The van der Waals surface area contributed by atoms with Crippen LogP contribution in [0, 0.1) is 0 Å². The third-order valence-corrected chi connectivity index (χ3v) is 2.50. The second-order valence-corrected chi connectivity index (χ2v) is 4.34. The molecule has 0 aliphatic carbocycles. The average Bonchev–Trinajstić information content (AvgIpc) is 2.64. The van der Waals surface area contributed by atoms with Crippen LogP contribution in [-0.4, -0.2) is 15.3 Å². The molecule has 1 aromatic heterocycles. The molecule has 2 rings (SSSR count). The largest absolute Gasteiger partial charge is 0.386 e. The number of benzene rings is 1. The number of nitrogens with one attached hydrogen (secondary N) is 1. The van der Waals surface area contributed by atoms with Gasteiger partial charge < -0.3 is 10.8 Å². The summed E-state index contributed by atoms with van der Waals surface area (Å²) in [5, 5.41) is 16.5. The van der Waals surface area contributed by atoms with E-state index in [1.54, 1.807) is 19.9 Å². The highest BCUT2D eigenvalue weighted by molar-refractivity contribution is 5.62. The van der Waals surface area contributed by atoms with Crippen molar-refractivity contribution in [3.05, 3.63) is 35.9 Å². The minimum absolute atomic E-state index is 0.474. The fourth-order valence-electron chi connectivity index (χ4n) is 1.54. The Labute approximate surface area is 94.1 Å². The SMILES string of the molecule is CC(C)(O)c1ccc(-c2cc(N)n[nH]2)cc1. The maximum Gasteiger partial charge on any atom is 0.145 e. The quantitative estimate of drug-likeness (QED) is 0.719. The zero-order valence-corrected chi connectivity index (χ0v) is 9.36. The molecule has 16 heavy (non-hydrogen) atoms. The maximum atomic E-state index is 9.81. The molecule has 4 N–H and O–H groups in total. The lowest BCUT2D eigenvalue weighted by molar-refractivity contribution is 0.0786. The first-order chi connectivity index (χ1) is 7.47. The molecule has 84 valence electrons. The number of anilines is 1. The van der Waals surface area contributed by atoms with E-state index >= 15 is 0 Å². The number of nitrogens with zero attached hydrogens (tertiary/aromatic N) is 1. The molecular weight excluding hydrogens is 202 g/mol. The van der Waals surface area contributed by atoms with E-state index in [9.17, 15) is 5.11 Å². The molecule has 4 heteroatoms. The van der Waals surface area contributed by atoms with Gasteiger partial charge in [0, 0.05) is 6.07 Å². The number of nitrogen functional groups attached to an aromatic ring is 1. The van der Waals surface area contributed by atoms with E-state index < -0.39 is 5.60 Å². The summed E-state index contributed by atoms with van der Waals surface area (Å²) in [5.74, 6) is 0.474. The van der Waals surface area contributed by atoms with Gasteiger partial charge in [-0.2, -0.15) is 5.10 Å². The van der Waals surface area contributed by atoms with Crippen molar-refractivity contribution in [2.75, 3.05) is 5.73 Å². The van der Waals surface area contributed by atoms with Gasteiger partial charge in [0.05, 0.1) is 11.3 Å². The Bertz CT molecular complexity index is 480. The molecule has 1 aromatic carbocycles. The summed E-state index contributed by atoms with van der Waals surface area (Å²) in [7, 11) is 0. The highest BCUT2D eigenvalue weighted by Crippen LogP contribution is 2.24. The molecule has 0 saturated heterocycles.